The molecule has 0 bridgehead atoms. The quantitative estimate of drug-likeness (QED) is 0.465. The van der Waals surface area contributed by atoms with Crippen LogP contribution in [0.4, 0.5) is 5.69 Å². The van der Waals surface area contributed by atoms with Crippen LogP contribution in [0.15, 0.2) is 53.6 Å². The molecule has 152 valence electrons. The first-order valence-electron chi connectivity index (χ1n) is 9.43. The number of fused-ring (bicyclic) bond motifs is 1. The normalized spacial score (nSPS) is 11.1. The predicted molar refractivity (Wildman–Crippen MR) is 121 cm³/mol. The Morgan fingerprint density at radius 2 is 2.03 bits per heavy atom. The lowest BCUT2D eigenvalue weighted by molar-refractivity contribution is -0.115. The first-order valence-corrected chi connectivity index (χ1v) is 10.7. The fourth-order valence-corrected chi connectivity index (χ4v) is 3.62. The Hall–Kier alpha value is -2.28. The smallest absolute Gasteiger partial charge is 0.228 e. The van der Waals surface area contributed by atoms with Gasteiger partial charge in [-0.3, -0.25) is 9.93 Å². The molecule has 0 fully saturated rings. The van der Waals surface area contributed by atoms with E-state index in [1.165, 1.54) is 0 Å². The number of carbonyl (C=O) groups excluding carboxylic acids is 1. The summed E-state index contributed by atoms with van der Waals surface area (Å²) in [4.78, 5) is 17.8. The summed E-state index contributed by atoms with van der Waals surface area (Å²) in [5, 5.41) is 11.1. The first-order chi connectivity index (χ1) is 14.0. The van der Waals surface area contributed by atoms with Crippen molar-refractivity contribution < 1.29 is 9.53 Å². The third kappa shape index (κ3) is 5.63. The summed E-state index contributed by atoms with van der Waals surface area (Å²) in [6, 6.07) is 12.9. The number of nitrogens with two attached hydrogens (primary N) is 1. The minimum atomic E-state index is -0.156. The molecule has 1 aromatic heterocycles. The predicted octanol–water partition coefficient (Wildman–Crippen LogP) is 5.46. The molecule has 3 aromatic rings. The van der Waals surface area contributed by atoms with E-state index in [0.717, 1.165) is 39.6 Å². The van der Waals surface area contributed by atoms with Gasteiger partial charge >= 0.3 is 0 Å². The third-order valence-electron chi connectivity index (χ3n) is 4.46. The summed E-state index contributed by atoms with van der Waals surface area (Å²) >= 11 is 7.29. The summed E-state index contributed by atoms with van der Waals surface area (Å²) in [7, 11) is 0. The average Bonchev–Trinajstić information content (AvgIpc) is 2.69. The molecule has 1 amide bonds. The van der Waals surface area contributed by atoms with Crippen LogP contribution >= 0.6 is 23.5 Å². The highest BCUT2D eigenvalue weighted by molar-refractivity contribution is 7.97. The maximum absolute atomic E-state index is 12.5. The van der Waals surface area contributed by atoms with E-state index in [9.17, 15) is 4.79 Å². The van der Waals surface area contributed by atoms with Crippen LogP contribution < -0.4 is 15.2 Å². The van der Waals surface area contributed by atoms with Gasteiger partial charge in [0, 0.05) is 32.6 Å². The third-order valence-corrected chi connectivity index (χ3v) is 5.42. The SMILES string of the molecule is CC(C)CCOc1nccc2c(SN)cc(NC(=O)Cc3ccccc3Cl)cc12. The largest absolute Gasteiger partial charge is 0.477 e. The van der Waals surface area contributed by atoms with Crippen molar-refractivity contribution in [2.24, 2.45) is 11.1 Å². The molecule has 29 heavy (non-hydrogen) atoms. The van der Waals surface area contributed by atoms with Gasteiger partial charge in [-0.2, -0.15) is 0 Å². The zero-order chi connectivity index (χ0) is 20.8. The van der Waals surface area contributed by atoms with Crippen LogP contribution in [0.1, 0.15) is 25.8 Å². The van der Waals surface area contributed by atoms with E-state index in [2.05, 4.69) is 24.1 Å². The van der Waals surface area contributed by atoms with Crippen molar-refractivity contribution in [3.8, 4) is 5.88 Å². The lowest BCUT2D eigenvalue weighted by atomic mass is 10.1. The van der Waals surface area contributed by atoms with Crippen LogP contribution in [0.5, 0.6) is 5.88 Å². The molecule has 0 aliphatic heterocycles. The lowest BCUT2D eigenvalue weighted by Gasteiger charge is -2.14. The molecule has 0 radical (unpaired) electrons. The molecule has 3 N–H and O–H groups in total. The van der Waals surface area contributed by atoms with Gasteiger partial charge < -0.3 is 10.1 Å². The number of aromatic nitrogens is 1. The molecule has 0 aliphatic carbocycles. The number of nitrogens with one attached hydrogen (secondary N) is 1. The van der Waals surface area contributed by atoms with Crippen LogP contribution in [0.3, 0.4) is 0 Å². The highest BCUT2D eigenvalue weighted by Crippen LogP contribution is 2.33. The summed E-state index contributed by atoms with van der Waals surface area (Å²) in [6.07, 6.45) is 2.83. The molecular formula is C22H24ClN3O2S. The molecule has 0 saturated carbocycles. The Morgan fingerprint density at radius 1 is 1.24 bits per heavy atom. The Bertz CT molecular complexity index is 1010. The van der Waals surface area contributed by atoms with Gasteiger partial charge in [0.15, 0.2) is 0 Å². The molecular weight excluding hydrogens is 406 g/mol. The van der Waals surface area contributed by atoms with Crippen molar-refractivity contribution in [3.05, 3.63) is 59.2 Å². The lowest BCUT2D eigenvalue weighted by Crippen LogP contribution is -2.14. The van der Waals surface area contributed by atoms with Gasteiger partial charge in [-0.25, -0.2) is 4.98 Å². The van der Waals surface area contributed by atoms with E-state index in [0.29, 0.717) is 29.1 Å². The van der Waals surface area contributed by atoms with Crippen LogP contribution in [0, 0.1) is 5.92 Å². The second kappa shape index (κ2) is 9.96. The molecule has 0 unspecified atom stereocenters. The van der Waals surface area contributed by atoms with E-state index in [-0.39, 0.29) is 12.3 Å². The fraction of sp³-hybridized carbons (Fsp3) is 0.273. The number of rotatable bonds is 8. The Labute approximate surface area is 180 Å². The zero-order valence-electron chi connectivity index (χ0n) is 16.4. The minimum absolute atomic E-state index is 0.156. The number of ether oxygens (including phenoxy) is 1. The van der Waals surface area contributed by atoms with Gasteiger partial charge in [0.2, 0.25) is 11.8 Å². The van der Waals surface area contributed by atoms with Crippen molar-refractivity contribution in [2.75, 3.05) is 11.9 Å². The molecule has 3 rings (SSSR count). The maximum atomic E-state index is 12.5. The number of pyridine rings is 1. The van der Waals surface area contributed by atoms with Gasteiger partial charge in [0.1, 0.15) is 0 Å². The number of hydrogen-bond donors (Lipinski definition) is 2. The standard InChI is InChI=1S/C22H24ClN3O2S/c1-14(2)8-10-28-22-18-12-16(13-20(29-24)17(18)7-9-25-22)26-21(27)11-15-5-3-4-6-19(15)23/h3-7,9,12-14H,8,10-11,24H2,1-2H3,(H,26,27). The monoisotopic (exact) mass is 429 g/mol. The molecule has 0 aliphatic rings. The summed E-state index contributed by atoms with van der Waals surface area (Å²) in [5.41, 5.74) is 1.42. The number of nitrogens with zero attached hydrogens (tertiary/aromatic N) is 1. The molecule has 2 aromatic carbocycles. The fourth-order valence-electron chi connectivity index (χ4n) is 2.92. The Morgan fingerprint density at radius 3 is 2.76 bits per heavy atom. The highest BCUT2D eigenvalue weighted by Gasteiger charge is 2.13. The van der Waals surface area contributed by atoms with Crippen LogP contribution in [0.2, 0.25) is 5.02 Å². The highest BCUT2D eigenvalue weighted by atomic mass is 35.5. The van der Waals surface area contributed by atoms with Gasteiger partial charge in [0.25, 0.3) is 0 Å². The number of hydrogen-bond acceptors (Lipinski definition) is 5. The average molecular weight is 430 g/mol. The van der Waals surface area contributed by atoms with Gasteiger partial charge in [-0.05, 0) is 54.1 Å². The van der Waals surface area contributed by atoms with E-state index >= 15 is 0 Å². The van der Waals surface area contributed by atoms with Gasteiger partial charge in [0.05, 0.1) is 13.0 Å². The number of benzene rings is 2. The van der Waals surface area contributed by atoms with Crippen molar-refractivity contribution in [2.45, 2.75) is 31.6 Å². The maximum Gasteiger partial charge on any atom is 0.228 e. The molecule has 0 atom stereocenters. The van der Waals surface area contributed by atoms with Crippen LogP contribution in [-0.4, -0.2) is 17.5 Å². The second-order valence-corrected chi connectivity index (χ2v) is 8.23. The number of amides is 1. The number of anilines is 1. The molecule has 1 heterocycles. The van der Waals surface area contributed by atoms with Gasteiger partial charge in [-0.1, -0.05) is 43.6 Å². The summed E-state index contributed by atoms with van der Waals surface area (Å²) in [5.74, 6) is 0.928. The van der Waals surface area contributed by atoms with E-state index in [1.807, 2.05) is 36.4 Å². The van der Waals surface area contributed by atoms with Crippen LogP contribution in [-0.2, 0) is 11.2 Å². The molecule has 7 heteroatoms. The van der Waals surface area contributed by atoms with Gasteiger partial charge in [-0.15, -0.1) is 0 Å². The minimum Gasteiger partial charge on any atom is -0.477 e. The Kier molecular flexibility index (Phi) is 7.36. The van der Waals surface area contributed by atoms with Crippen molar-refractivity contribution in [1.82, 2.24) is 4.98 Å². The molecule has 0 spiro atoms. The zero-order valence-corrected chi connectivity index (χ0v) is 18.0. The van der Waals surface area contributed by atoms with Crippen LogP contribution in [0.25, 0.3) is 10.8 Å². The van der Waals surface area contributed by atoms with E-state index in [4.69, 9.17) is 21.5 Å². The first kappa shape index (κ1) is 21.4. The number of halogens is 1. The van der Waals surface area contributed by atoms with Crippen molar-refractivity contribution >= 4 is 45.9 Å². The topological polar surface area (TPSA) is 77.2 Å². The summed E-state index contributed by atoms with van der Waals surface area (Å²) in [6.45, 7) is 4.88. The van der Waals surface area contributed by atoms with Crippen molar-refractivity contribution in [3.63, 3.8) is 0 Å². The number of carbonyl (C=O) groups is 1. The van der Waals surface area contributed by atoms with Crippen molar-refractivity contribution in [1.29, 1.82) is 0 Å². The van der Waals surface area contributed by atoms with E-state index < -0.39 is 0 Å². The molecule has 0 saturated heterocycles. The second-order valence-electron chi connectivity index (χ2n) is 7.15. The Balaban J connectivity index is 1.85. The van der Waals surface area contributed by atoms with E-state index in [1.54, 1.807) is 12.3 Å². The molecule has 5 nitrogen and oxygen atoms in total. The summed E-state index contributed by atoms with van der Waals surface area (Å²) < 4.78 is 5.91.